The number of hydrogen-bond donors (Lipinski definition) is 1. The number of phenols is 1. The first-order valence-electron chi connectivity index (χ1n) is 7.38. The van der Waals surface area contributed by atoms with Crippen molar-refractivity contribution < 1.29 is 19.1 Å². The van der Waals surface area contributed by atoms with Crippen LogP contribution < -0.4 is 5.63 Å². The van der Waals surface area contributed by atoms with Crippen LogP contribution in [0.2, 0.25) is 5.02 Å². The lowest BCUT2D eigenvalue weighted by Gasteiger charge is -2.06. The summed E-state index contributed by atoms with van der Waals surface area (Å²) in [6.07, 6.45) is 2.82. The summed E-state index contributed by atoms with van der Waals surface area (Å²) in [6.45, 7) is -0.0986. The number of hydrogen-bond acceptors (Lipinski definition) is 5. The topological polar surface area (TPSA) is 76.7 Å². The summed E-state index contributed by atoms with van der Waals surface area (Å²) in [6, 6.07) is 12.7. The maximum Gasteiger partial charge on any atom is 0.336 e. The zero-order valence-corrected chi connectivity index (χ0v) is 13.7. The number of carbonyl (C=O) groups excluding carboxylic acids is 1. The van der Waals surface area contributed by atoms with Gasteiger partial charge >= 0.3 is 11.6 Å². The van der Waals surface area contributed by atoms with Crippen LogP contribution in [-0.4, -0.2) is 11.1 Å². The normalized spacial score (nSPS) is 11.1. The molecule has 0 fully saturated rings. The van der Waals surface area contributed by atoms with E-state index in [2.05, 4.69) is 0 Å². The average Bonchev–Trinajstić information content (AvgIpc) is 2.58. The second kappa shape index (κ2) is 7.23. The number of carbonyl (C=O) groups is 1. The zero-order chi connectivity index (χ0) is 17.8. The molecular weight excluding hydrogens is 344 g/mol. The molecule has 0 aliphatic heterocycles. The van der Waals surface area contributed by atoms with Gasteiger partial charge in [0, 0.05) is 34.2 Å². The molecule has 5 nitrogen and oxygen atoms in total. The van der Waals surface area contributed by atoms with Crippen molar-refractivity contribution >= 4 is 34.6 Å². The predicted octanol–water partition coefficient (Wildman–Crippen LogP) is 3.91. The van der Waals surface area contributed by atoms with E-state index in [0.717, 1.165) is 0 Å². The van der Waals surface area contributed by atoms with Crippen LogP contribution in [0.5, 0.6) is 5.75 Å². The minimum absolute atomic E-state index is 0.0209. The lowest BCUT2D eigenvalue weighted by molar-refractivity contribution is -0.138. The Balaban J connectivity index is 1.75. The standard InChI is InChI=1S/C19H13ClO5/c20-16-4-2-1-3-12(16)5-8-18(22)24-11-13-9-19(23)25-17-10-14(21)6-7-15(13)17/h1-10,21H,11H2/b8-5+. The average molecular weight is 357 g/mol. The Morgan fingerprint density at radius 1 is 1.20 bits per heavy atom. The van der Waals surface area contributed by atoms with Crippen molar-refractivity contribution in [2.75, 3.05) is 0 Å². The van der Waals surface area contributed by atoms with E-state index in [9.17, 15) is 14.7 Å². The number of halogens is 1. The molecule has 1 aromatic heterocycles. The molecule has 0 atom stereocenters. The zero-order valence-electron chi connectivity index (χ0n) is 12.9. The van der Waals surface area contributed by atoms with E-state index < -0.39 is 11.6 Å². The second-order valence-electron chi connectivity index (χ2n) is 5.23. The largest absolute Gasteiger partial charge is 0.508 e. The van der Waals surface area contributed by atoms with Gasteiger partial charge in [-0.3, -0.25) is 0 Å². The van der Waals surface area contributed by atoms with Crippen molar-refractivity contribution in [1.29, 1.82) is 0 Å². The summed E-state index contributed by atoms with van der Waals surface area (Å²) in [5.74, 6) is -0.590. The van der Waals surface area contributed by atoms with E-state index in [1.807, 2.05) is 6.07 Å². The van der Waals surface area contributed by atoms with Crippen LogP contribution in [0.1, 0.15) is 11.1 Å². The van der Waals surface area contributed by atoms with Gasteiger partial charge in [-0.1, -0.05) is 29.8 Å². The van der Waals surface area contributed by atoms with E-state index in [1.54, 1.807) is 30.3 Å². The van der Waals surface area contributed by atoms with Gasteiger partial charge in [0.2, 0.25) is 0 Å². The first-order valence-corrected chi connectivity index (χ1v) is 7.76. The van der Waals surface area contributed by atoms with Crippen LogP contribution in [0.4, 0.5) is 0 Å². The molecule has 0 radical (unpaired) electrons. The molecule has 0 bridgehead atoms. The minimum Gasteiger partial charge on any atom is -0.508 e. The Kier molecular flexibility index (Phi) is 4.86. The van der Waals surface area contributed by atoms with Gasteiger partial charge in [0.15, 0.2) is 0 Å². The molecule has 0 saturated carbocycles. The number of esters is 1. The van der Waals surface area contributed by atoms with E-state index in [0.29, 0.717) is 21.5 Å². The Labute approximate surface area is 147 Å². The molecule has 0 unspecified atom stereocenters. The number of benzene rings is 2. The molecule has 3 rings (SSSR count). The van der Waals surface area contributed by atoms with Gasteiger partial charge in [0.1, 0.15) is 17.9 Å². The Morgan fingerprint density at radius 2 is 2.00 bits per heavy atom. The van der Waals surface area contributed by atoms with Crippen molar-refractivity contribution in [3.63, 3.8) is 0 Å². The number of fused-ring (bicyclic) bond motifs is 1. The van der Waals surface area contributed by atoms with E-state index >= 15 is 0 Å². The molecule has 0 aliphatic carbocycles. The van der Waals surface area contributed by atoms with Crippen molar-refractivity contribution in [3.05, 3.63) is 81.2 Å². The quantitative estimate of drug-likeness (QED) is 0.435. The highest BCUT2D eigenvalue weighted by Crippen LogP contribution is 2.22. The molecule has 0 saturated heterocycles. The molecule has 1 N–H and O–H groups in total. The van der Waals surface area contributed by atoms with Gasteiger partial charge in [0.05, 0.1) is 0 Å². The molecule has 1 heterocycles. The van der Waals surface area contributed by atoms with E-state index in [1.165, 1.54) is 24.3 Å². The number of phenolic OH excluding ortho intramolecular Hbond substituents is 1. The highest BCUT2D eigenvalue weighted by atomic mass is 35.5. The predicted molar refractivity (Wildman–Crippen MR) is 94.4 cm³/mol. The van der Waals surface area contributed by atoms with Crippen molar-refractivity contribution in [2.45, 2.75) is 6.61 Å². The van der Waals surface area contributed by atoms with Crippen LogP contribution in [0, 0.1) is 0 Å². The Hall–Kier alpha value is -3.05. The lowest BCUT2D eigenvalue weighted by Crippen LogP contribution is -2.05. The van der Waals surface area contributed by atoms with Gasteiger partial charge in [-0.2, -0.15) is 0 Å². The Bertz CT molecular complexity index is 1020. The third-order valence-corrected chi connectivity index (χ3v) is 3.83. The van der Waals surface area contributed by atoms with Gasteiger partial charge in [-0.05, 0) is 29.8 Å². The first kappa shape index (κ1) is 16.8. The van der Waals surface area contributed by atoms with Crippen LogP contribution in [0.15, 0.2) is 63.8 Å². The second-order valence-corrected chi connectivity index (χ2v) is 5.64. The molecule has 0 spiro atoms. The monoisotopic (exact) mass is 356 g/mol. The maximum atomic E-state index is 11.9. The van der Waals surface area contributed by atoms with Gasteiger partial charge in [-0.15, -0.1) is 0 Å². The van der Waals surface area contributed by atoms with Crippen molar-refractivity contribution in [2.24, 2.45) is 0 Å². The van der Waals surface area contributed by atoms with Crippen molar-refractivity contribution in [1.82, 2.24) is 0 Å². The minimum atomic E-state index is -0.587. The molecule has 126 valence electrons. The molecule has 0 amide bonds. The van der Waals surface area contributed by atoms with Crippen molar-refractivity contribution in [3.8, 4) is 5.75 Å². The van der Waals surface area contributed by atoms with Crippen LogP contribution >= 0.6 is 11.6 Å². The van der Waals surface area contributed by atoms with Crippen LogP contribution in [0.3, 0.4) is 0 Å². The molecule has 3 aromatic rings. The fraction of sp³-hybridized carbons (Fsp3) is 0.0526. The summed E-state index contributed by atoms with van der Waals surface area (Å²) in [5.41, 5.74) is 0.828. The molecule has 2 aromatic carbocycles. The SMILES string of the molecule is O=C(/C=C/c1ccccc1Cl)OCc1cc(=O)oc2cc(O)ccc12. The smallest absolute Gasteiger partial charge is 0.336 e. The molecular formula is C19H13ClO5. The molecule has 25 heavy (non-hydrogen) atoms. The van der Waals surface area contributed by atoms with Crippen LogP contribution in [0.25, 0.3) is 17.0 Å². The lowest BCUT2D eigenvalue weighted by atomic mass is 10.1. The van der Waals surface area contributed by atoms with E-state index in [-0.39, 0.29) is 17.9 Å². The van der Waals surface area contributed by atoms with Gasteiger partial charge < -0.3 is 14.3 Å². The summed E-state index contributed by atoms with van der Waals surface area (Å²) < 4.78 is 10.2. The van der Waals surface area contributed by atoms with Crippen LogP contribution in [-0.2, 0) is 16.1 Å². The third-order valence-electron chi connectivity index (χ3n) is 3.49. The summed E-state index contributed by atoms with van der Waals surface area (Å²) >= 11 is 6.01. The van der Waals surface area contributed by atoms with Gasteiger partial charge in [0.25, 0.3) is 0 Å². The summed E-state index contributed by atoms with van der Waals surface area (Å²) in [7, 11) is 0. The third kappa shape index (κ3) is 4.08. The summed E-state index contributed by atoms with van der Waals surface area (Å²) in [5, 5.41) is 10.6. The molecule has 6 heteroatoms. The number of rotatable bonds is 4. The number of ether oxygens (including phenoxy) is 1. The fourth-order valence-electron chi connectivity index (χ4n) is 2.30. The first-order chi connectivity index (χ1) is 12.0. The van der Waals surface area contributed by atoms with E-state index in [4.69, 9.17) is 20.8 Å². The molecule has 0 aliphatic rings. The number of aromatic hydroxyl groups is 1. The maximum absolute atomic E-state index is 11.9. The highest BCUT2D eigenvalue weighted by molar-refractivity contribution is 6.32. The summed E-state index contributed by atoms with van der Waals surface area (Å²) in [4.78, 5) is 23.5. The van der Waals surface area contributed by atoms with Gasteiger partial charge in [-0.25, -0.2) is 9.59 Å². The Morgan fingerprint density at radius 3 is 2.80 bits per heavy atom. The highest BCUT2D eigenvalue weighted by Gasteiger charge is 2.08. The fourth-order valence-corrected chi connectivity index (χ4v) is 2.50.